The van der Waals surface area contributed by atoms with Crippen LogP contribution in [0.2, 0.25) is 0 Å². The molecule has 2 rings (SSSR count). The molecule has 0 spiro atoms. The molecule has 0 bridgehead atoms. The van der Waals surface area contributed by atoms with Gasteiger partial charge in [0.05, 0.1) is 0 Å². The predicted molar refractivity (Wildman–Crippen MR) is 83.9 cm³/mol. The summed E-state index contributed by atoms with van der Waals surface area (Å²) in [6.45, 7) is 2.97. The quantitative estimate of drug-likeness (QED) is 0.768. The molecule has 0 saturated heterocycles. The number of aryl methyl sites for hydroxylation is 1. The van der Waals surface area contributed by atoms with Crippen molar-refractivity contribution >= 4 is 0 Å². The largest absolute Gasteiger partial charge is 0.339 e. The van der Waals surface area contributed by atoms with Gasteiger partial charge in [-0.15, -0.1) is 0 Å². The van der Waals surface area contributed by atoms with Crippen molar-refractivity contribution in [3.63, 3.8) is 0 Å². The molecule has 0 aliphatic rings. The molecule has 4 nitrogen and oxygen atoms in total. The Morgan fingerprint density at radius 2 is 1.95 bits per heavy atom. The lowest BCUT2D eigenvalue weighted by Gasteiger charge is -2.13. The van der Waals surface area contributed by atoms with Gasteiger partial charge in [-0.3, -0.25) is 0 Å². The second-order valence-electron chi connectivity index (χ2n) is 5.54. The third kappa shape index (κ3) is 5.31. The molecule has 1 aromatic carbocycles. The molecule has 0 saturated carbocycles. The molecule has 0 aliphatic heterocycles. The molecule has 2 aromatic rings. The molecule has 0 aliphatic carbocycles. The maximum absolute atomic E-state index is 5.67. The summed E-state index contributed by atoms with van der Waals surface area (Å²) in [4.78, 5) is 4.49. The van der Waals surface area contributed by atoms with Crippen molar-refractivity contribution in [2.24, 2.45) is 11.7 Å². The van der Waals surface area contributed by atoms with Crippen molar-refractivity contribution in [2.75, 3.05) is 6.54 Å². The van der Waals surface area contributed by atoms with E-state index >= 15 is 0 Å². The highest BCUT2D eigenvalue weighted by molar-refractivity contribution is 5.18. The van der Waals surface area contributed by atoms with Gasteiger partial charge in [0, 0.05) is 12.8 Å². The van der Waals surface area contributed by atoms with Crippen LogP contribution in [-0.2, 0) is 12.8 Å². The average molecular weight is 287 g/mol. The van der Waals surface area contributed by atoms with Crippen LogP contribution in [-0.4, -0.2) is 16.7 Å². The van der Waals surface area contributed by atoms with E-state index in [1.807, 2.05) is 18.2 Å². The molecular weight excluding hydrogens is 262 g/mol. The van der Waals surface area contributed by atoms with Crippen LogP contribution in [0.5, 0.6) is 0 Å². The number of aromatic nitrogens is 2. The zero-order valence-corrected chi connectivity index (χ0v) is 12.8. The molecule has 1 heterocycles. The standard InChI is InChI=1S/C17H25N3O/c1-2-6-14(11-12-18)9-10-17-19-16(20-21-17)13-15-7-4-3-5-8-15/h3-5,7-8,14H,2,6,9-13,18H2,1H3. The molecule has 1 aromatic heterocycles. The van der Waals surface area contributed by atoms with Gasteiger partial charge in [0.15, 0.2) is 5.82 Å². The fraction of sp³-hybridized carbons (Fsp3) is 0.529. The van der Waals surface area contributed by atoms with Gasteiger partial charge in [0.2, 0.25) is 5.89 Å². The number of hydrogen-bond acceptors (Lipinski definition) is 4. The predicted octanol–water partition coefficient (Wildman–Crippen LogP) is 3.36. The fourth-order valence-corrected chi connectivity index (χ4v) is 2.65. The summed E-state index contributed by atoms with van der Waals surface area (Å²) in [6.07, 6.45) is 6.17. The Morgan fingerprint density at radius 1 is 1.14 bits per heavy atom. The first-order valence-electron chi connectivity index (χ1n) is 7.87. The lowest BCUT2D eigenvalue weighted by atomic mass is 9.94. The van der Waals surface area contributed by atoms with Crippen molar-refractivity contribution in [1.82, 2.24) is 10.1 Å². The lowest BCUT2D eigenvalue weighted by molar-refractivity contribution is 0.347. The molecule has 1 unspecified atom stereocenters. The molecule has 21 heavy (non-hydrogen) atoms. The van der Waals surface area contributed by atoms with Gasteiger partial charge in [-0.2, -0.15) is 4.98 Å². The number of rotatable bonds is 9. The average Bonchev–Trinajstić information content (AvgIpc) is 2.94. The Morgan fingerprint density at radius 3 is 2.67 bits per heavy atom. The van der Waals surface area contributed by atoms with Crippen LogP contribution >= 0.6 is 0 Å². The topological polar surface area (TPSA) is 64.9 Å². The number of nitrogens with two attached hydrogens (primary N) is 1. The monoisotopic (exact) mass is 287 g/mol. The second kappa shape index (κ2) is 8.57. The first-order chi connectivity index (χ1) is 10.3. The molecule has 0 amide bonds. The normalized spacial score (nSPS) is 12.5. The van der Waals surface area contributed by atoms with E-state index in [4.69, 9.17) is 10.3 Å². The van der Waals surface area contributed by atoms with Gasteiger partial charge in [0.1, 0.15) is 0 Å². The highest BCUT2D eigenvalue weighted by Crippen LogP contribution is 2.17. The summed E-state index contributed by atoms with van der Waals surface area (Å²) in [7, 11) is 0. The SMILES string of the molecule is CCCC(CCN)CCc1nc(Cc2ccccc2)no1. The molecule has 4 heteroatoms. The number of nitrogens with zero attached hydrogens (tertiary/aromatic N) is 2. The van der Waals surface area contributed by atoms with Crippen molar-refractivity contribution in [2.45, 2.75) is 45.4 Å². The molecule has 2 N–H and O–H groups in total. The van der Waals surface area contributed by atoms with Crippen LogP contribution in [0.15, 0.2) is 34.9 Å². The summed E-state index contributed by atoms with van der Waals surface area (Å²) >= 11 is 0. The molecule has 0 fully saturated rings. The third-order valence-electron chi connectivity index (χ3n) is 3.75. The zero-order chi connectivity index (χ0) is 14.9. The lowest BCUT2D eigenvalue weighted by Crippen LogP contribution is -2.09. The first kappa shape index (κ1) is 15.7. The van der Waals surface area contributed by atoms with Crippen molar-refractivity contribution in [3.05, 3.63) is 47.6 Å². The Balaban J connectivity index is 1.85. The smallest absolute Gasteiger partial charge is 0.226 e. The van der Waals surface area contributed by atoms with Gasteiger partial charge in [0.25, 0.3) is 0 Å². The van der Waals surface area contributed by atoms with E-state index in [9.17, 15) is 0 Å². The molecule has 1 atom stereocenters. The molecule has 114 valence electrons. The van der Waals surface area contributed by atoms with Crippen LogP contribution in [0.1, 0.15) is 49.9 Å². The minimum Gasteiger partial charge on any atom is -0.339 e. The van der Waals surface area contributed by atoms with Gasteiger partial charge < -0.3 is 10.3 Å². The fourth-order valence-electron chi connectivity index (χ4n) is 2.65. The van der Waals surface area contributed by atoms with E-state index in [2.05, 4.69) is 29.2 Å². The summed E-state index contributed by atoms with van der Waals surface area (Å²) < 4.78 is 5.35. The van der Waals surface area contributed by atoms with E-state index in [-0.39, 0.29) is 0 Å². The van der Waals surface area contributed by atoms with Crippen LogP contribution in [0, 0.1) is 5.92 Å². The van der Waals surface area contributed by atoms with E-state index in [0.29, 0.717) is 5.92 Å². The first-order valence-corrected chi connectivity index (χ1v) is 7.87. The molecule has 0 radical (unpaired) electrons. The Hall–Kier alpha value is -1.68. The summed E-state index contributed by atoms with van der Waals surface area (Å²) in [5.41, 5.74) is 6.87. The van der Waals surface area contributed by atoms with E-state index in [1.54, 1.807) is 0 Å². The minimum atomic E-state index is 0.671. The van der Waals surface area contributed by atoms with Gasteiger partial charge in [-0.1, -0.05) is 55.3 Å². The van der Waals surface area contributed by atoms with Gasteiger partial charge in [-0.25, -0.2) is 0 Å². The van der Waals surface area contributed by atoms with E-state index in [1.165, 1.54) is 18.4 Å². The Kier molecular flexibility index (Phi) is 6.41. The van der Waals surface area contributed by atoms with Crippen molar-refractivity contribution < 1.29 is 4.52 Å². The zero-order valence-electron chi connectivity index (χ0n) is 12.8. The maximum atomic E-state index is 5.67. The van der Waals surface area contributed by atoms with E-state index in [0.717, 1.165) is 43.9 Å². The van der Waals surface area contributed by atoms with E-state index < -0.39 is 0 Å². The number of hydrogen-bond donors (Lipinski definition) is 1. The maximum Gasteiger partial charge on any atom is 0.226 e. The summed E-state index contributed by atoms with van der Waals surface area (Å²) in [5, 5.41) is 4.07. The second-order valence-corrected chi connectivity index (χ2v) is 5.54. The summed E-state index contributed by atoms with van der Waals surface area (Å²) in [6, 6.07) is 10.2. The van der Waals surface area contributed by atoms with Crippen LogP contribution in [0.3, 0.4) is 0 Å². The minimum absolute atomic E-state index is 0.671. The van der Waals surface area contributed by atoms with Gasteiger partial charge >= 0.3 is 0 Å². The van der Waals surface area contributed by atoms with Crippen LogP contribution in [0.25, 0.3) is 0 Å². The highest BCUT2D eigenvalue weighted by atomic mass is 16.5. The van der Waals surface area contributed by atoms with Crippen molar-refractivity contribution in [3.8, 4) is 0 Å². The Labute approximate surface area is 126 Å². The third-order valence-corrected chi connectivity index (χ3v) is 3.75. The van der Waals surface area contributed by atoms with Crippen molar-refractivity contribution in [1.29, 1.82) is 0 Å². The van der Waals surface area contributed by atoms with Crippen LogP contribution < -0.4 is 5.73 Å². The molecular formula is C17H25N3O. The van der Waals surface area contributed by atoms with Gasteiger partial charge in [-0.05, 0) is 30.9 Å². The van der Waals surface area contributed by atoms with Crippen LogP contribution in [0.4, 0.5) is 0 Å². The summed E-state index contributed by atoms with van der Waals surface area (Å²) in [5.74, 6) is 2.19. The number of benzene rings is 1. The highest BCUT2D eigenvalue weighted by Gasteiger charge is 2.11. The Bertz CT molecular complexity index is 504.